The Kier molecular flexibility index (Phi) is 3.12. The van der Waals surface area contributed by atoms with Crippen molar-refractivity contribution < 1.29 is 19.0 Å². The zero-order valence-corrected chi connectivity index (χ0v) is 13.8. The second-order valence-corrected chi connectivity index (χ2v) is 8.67. The summed E-state index contributed by atoms with van der Waals surface area (Å²) in [6, 6.07) is 0. The van der Waals surface area contributed by atoms with Crippen LogP contribution in [0.4, 0.5) is 8.78 Å². The fourth-order valence-electron chi connectivity index (χ4n) is 6.29. The van der Waals surface area contributed by atoms with Gasteiger partial charge in [-0.25, -0.2) is 8.78 Å². The first-order valence-corrected chi connectivity index (χ1v) is 8.83. The van der Waals surface area contributed by atoms with E-state index in [9.17, 15) is 14.6 Å². The predicted molar refractivity (Wildman–Crippen MR) is 84.4 cm³/mol. The Hall–Kier alpha value is -0.900. The molecule has 0 aromatic heterocycles. The molecule has 0 radical (unpaired) electrons. The lowest BCUT2D eigenvalue weighted by atomic mass is 9.45. The molecule has 0 amide bonds. The number of aliphatic hydroxyl groups excluding tert-OH is 2. The van der Waals surface area contributed by atoms with Crippen molar-refractivity contribution in [3.05, 3.63) is 24.0 Å². The summed E-state index contributed by atoms with van der Waals surface area (Å²) >= 11 is 0. The van der Waals surface area contributed by atoms with E-state index in [1.54, 1.807) is 12.2 Å². The fraction of sp³-hybridized carbons (Fsp3) is 0.789. The average molecular weight is 324 g/mol. The topological polar surface area (TPSA) is 40.5 Å². The van der Waals surface area contributed by atoms with Gasteiger partial charge in [0.25, 0.3) is 0 Å². The lowest BCUT2D eigenvalue weighted by molar-refractivity contribution is -0.165. The van der Waals surface area contributed by atoms with E-state index in [0.717, 1.165) is 6.42 Å². The van der Waals surface area contributed by atoms with Crippen LogP contribution in [0.3, 0.4) is 0 Å². The van der Waals surface area contributed by atoms with Gasteiger partial charge in [0.05, 0.1) is 6.10 Å². The van der Waals surface area contributed by atoms with Crippen LogP contribution in [0.1, 0.15) is 46.0 Å². The van der Waals surface area contributed by atoms with Gasteiger partial charge in [-0.2, -0.15) is 0 Å². The van der Waals surface area contributed by atoms with E-state index in [4.69, 9.17) is 0 Å². The van der Waals surface area contributed by atoms with Crippen molar-refractivity contribution in [2.75, 3.05) is 0 Å². The van der Waals surface area contributed by atoms with E-state index in [1.165, 1.54) is 0 Å². The number of allylic oxidation sites excluding steroid dienone is 3. The molecule has 2 nitrogen and oxygen atoms in total. The van der Waals surface area contributed by atoms with Crippen LogP contribution < -0.4 is 0 Å². The van der Waals surface area contributed by atoms with Gasteiger partial charge in [0.15, 0.2) is 0 Å². The van der Waals surface area contributed by atoms with E-state index in [-0.39, 0.29) is 29.9 Å². The summed E-state index contributed by atoms with van der Waals surface area (Å²) in [4.78, 5) is 0. The van der Waals surface area contributed by atoms with Crippen LogP contribution in [0.15, 0.2) is 24.0 Å². The van der Waals surface area contributed by atoms with Gasteiger partial charge < -0.3 is 10.2 Å². The fourth-order valence-corrected chi connectivity index (χ4v) is 6.29. The first-order valence-electron chi connectivity index (χ1n) is 8.83. The van der Waals surface area contributed by atoms with E-state index < -0.39 is 28.8 Å². The van der Waals surface area contributed by atoms with E-state index in [1.807, 2.05) is 19.9 Å². The zero-order chi connectivity index (χ0) is 16.6. The Morgan fingerprint density at radius 3 is 2.65 bits per heavy atom. The molecule has 0 saturated heterocycles. The van der Waals surface area contributed by atoms with Crippen molar-refractivity contribution in [3.63, 3.8) is 0 Å². The first kappa shape index (κ1) is 15.6. The van der Waals surface area contributed by atoms with Gasteiger partial charge in [-0.3, -0.25) is 0 Å². The average Bonchev–Trinajstić information content (AvgIpc) is 2.73. The molecule has 0 aliphatic heterocycles. The molecule has 0 aromatic rings. The van der Waals surface area contributed by atoms with E-state index >= 15 is 4.39 Å². The molecule has 4 heteroatoms. The standard InChI is InChI=1S/C19H26F2O2/c1-17-7-8-19(21)13(14(17)10-15(20)16(17)23)4-3-11-9-12(22)5-6-18(11,19)2/h5-6,9,11,13-16,22-23H,3-4,7-8,10H2,1-2H3/t11-,13+,14+,15-,16+,17+,18+,19-/m1/s1. The monoisotopic (exact) mass is 324 g/mol. The van der Waals surface area contributed by atoms with Crippen molar-refractivity contribution in [2.45, 2.75) is 63.9 Å². The summed E-state index contributed by atoms with van der Waals surface area (Å²) in [6.07, 6.45) is 5.70. The Morgan fingerprint density at radius 1 is 1.17 bits per heavy atom. The van der Waals surface area contributed by atoms with Crippen molar-refractivity contribution in [3.8, 4) is 0 Å². The molecule has 2 N–H and O–H groups in total. The quantitative estimate of drug-likeness (QED) is 0.699. The Labute approximate surface area is 136 Å². The number of hydrogen-bond acceptors (Lipinski definition) is 2. The maximum absolute atomic E-state index is 16.4. The molecule has 3 fully saturated rings. The summed E-state index contributed by atoms with van der Waals surface area (Å²) in [6.45, 7) is 3.89. The molecule has 0 heterocycles. The number of fused-ring (bicyclic) bond motifs is 5. The molecule has 4 rings (SSSR count). The van der Waals surface area contributed by atoms with Gasteiger partial charge >= 0.3 is 0 Å². The summed E-state index contributed by atoms with van der Waals surface area (Å²) < 4.78 is 30.6. The van der Waals surface area contributed by atoms with Crippen LogP contribution in [0.2, 0.25) is 0 Å². The predicted octanol–water partition coefficient (Wildman–Crippen LogP) is 4.26. The molecular weight excluding hydrogens is 298 g/mol. The highest BCUT2D eigenvalue weighted by Gasteiger charge is 2.68. The zero-order valence-electron chi connectivity index (χ0n) is 13.8. The third kappa shape index (κ3) is 1.76. The number of halogens is 2. The highest BCUT2D eigenvalue weighted by molar-refractivity contribution is 5.31. The third-order valence-corrected chi connectivity index (χ3v) is 7.87. The van der Waals surface area contributed by atoms with Crippen LogP contribution >= 0.6 is 0 Å². The van der Waals surface area contributed by atoms with E-state index in [0.29, 0.717) is 19.3 Å². The highest BCUT2D eigenvalue weighted by atomic mass is 19.1. The summed E-state index contributed by atoms with van der Waals surface area (Å²) in [7, 11) is 0. The minimum atomic E-state index is -1.39. The number of aliphatic hydroxyl groups is 2. The molecule has 0 unspecified atom stereocenters. The van der Waals surface area contributed by atoms with Crippen LogP contribution in [0, 0.1) is 28.6 Å². The molecule has 4 aliphatic carbocycles. The summed E-state index contributed by atoms with van der Waals surface area (Å²) in [5.74, 6) is -0.103. The molecule has 8 atom stereocenters. The number of hydrogen-bond donors (Lipinski definition) is 2. The Morgan fingerprint density at radius 2 is 1.91 bits per heavy atom. The lowest BCUT2D eigenvalue weighted by Gasteiger charge is -2.61. The normalized spacial score (nSPS) is 58.1. The molecule has 128 valence electrons. The minimum Gasteiger partial charge on any atom is -0.508 e. The molecular formula is C19H26F2O2. The molecule has 0 spiro atoms. The van der Waals surface area contributed by atoms with Crippen molar-refractivity contribution in [1.82, 2.24) is 0 Å². The van der Waals surface area contributed by atoms with Crippen molar-refractivity contribution in [2.24, 2.45) is 28.6 Å². The van der Waals surface area contributed by atoms with Crippen LogP contribution in [0.25, 0.3) is 0 Å². The number of rotatable bonds is 0. The Balaban J connectivity index is 1.75. The maximum atomic E-state index is 16.4. The van der Waals surface area contributed by atoms with Crippen LogP contribution in [-0.2, 0) is 0 Å². The molecule has 4 aliphatic rings. The summed E-state index contributed by atoms with van der Waals surface area (Å²) in [5.41, 5.74) is -2.54. The van der Waals surface area contributed by atoms with Crippen LogP contribution in [-0.4, -0.2) is 28.2 Å². The summed E-state index contributed by atoms with van der Waals surface area (Å²) in [5, 5.41) is 20.1. The Bertz CT molecular complexity index is 588. The molecule has 0 aromatic carbocycles. The number of alkyl halides is 2. The van der Waals surface area contributed by atoms with Gasteiger partial charge in [0.2, 0.25) is 0 Å². The van der Waals surface area contributed by atoms with Gasteiger partial charge in [-0.05, 0) is 67.4 Å². The third-order valence-electron chi connectivity index (χ3n) is 7.87. The largest absolute Gasteiger partial charge is 0.508 e. The van der Waals surface area contributed by atoms with Gasteiger partial charge in [0, 0.05) is 5.41 Å². The highest BCUT2D eigenvalue weighted by Crippen LogP contribution is 2.68. The molecule has 3 saturated carbocycles. The second kappa shape index (κ2) is 4.59. The van der Waals surface area contributed by atoms with Gasteiger partial charge in [-0.1, -0.05) is 19.9 Å². The SMILES string of the molecule is C[C@]12CC[C@@]3(F)[C@@H](CC[C@@H]4C=C(O)C=C[C@@]43C)[C@@H]1C[C@@H](F)[C@@H]2O. The van der Waals surface area contributed by atoms with Crippen LogP contribution in [0.5, 0.6) is 0 Å². The maximum Gasteiger partial charge on any atom is 0.127 e. The molecule has 23 heavy (non-hydrogen) atoms. The second-order valence-electron chi connectivity index (χ2n) is 8.67. The van der Waals surface area contributed by atoms with Crippen molar-refractivity contribution in [1.29, 1.82) is 0 Å². The smallest absolute Gasteiger partial charge is 0.127 e. The van der Waals surface area contributed by atoms with Gasteiger partial charge in [-0.15, -0.1) is 0 Å². The van der Waals surface area contributed by atoms with Crippen molar-refractivity contribution >= 4 is 0 Å². The molecule has 0 bridgehead atoms. The van der Waals surface area contributed by atoms with Gasteiger partial charge in [0.1, 0.15) is 17.6 Å². The van der Waals surface area contributed by atoms with E-state index in [2.05, 4.69) is 0 Å². The first-order chi connectivity index (χ1) is 10.7. The minimum absolute atomic E-state index is 0.00870. The lowest BCUT2D eigenvalue weighted by Crippen LogP contribution is -2.61.